The zero-order chi connectivity index (χ0) is 20.1. The lowest BCUT2D eigenvalue weighted by molar-refractivity contribution is 0.197. The smallest absolute Gasteiger partial charge is 0.191 e. The normalized spacial score (nSPS) is 21.9. The Labute approximate surface area is 175 Å². The fourth-order valence-electron chi connectivity index (χ4n) is 4.58. The molecule has 1 aromatic rings. The minimum Gasteiger partial charge on any atom is -0.493 e. The lowest BCUT2D eigenvalue weighted by Crippen LogP contribution is -2.48. The molecular weight excluding hydrogens is 364 g/mol. The molecule has 0 spiro atoms. The summed E-state index contributed by atoms with van der Waals surface area (Å²) < 4.78 is 11.9. The van der Waals surface area contributed by atoms with Crippen molar-refractivity contribution in [3.8, 4) is 11.5 Å². The van der Waals surface area contributed by atoms with Crippen LogP contribution in [0.25, 0.3) is 0 Å². The third-order valence-electron chi connectivity index (χ3n) is 6.47. The highest BCUT2D eigenvalue weighted by molar-refractivity contribution is 5.80. The van der Waals surface area contributed by atoms with Gasteiger partial charge in [-0.05, 0) is 57.4 Å². The van der Waals surface area contributed by atoms with Gasteiger partial charge < -0.3 is 25.0 Å². The number of hydrogen-bond acceptors (Lipinski definition) is 4. The molecule has 2 aliphatic carbocycles. The van der Waals surface area contributed by atoms with Gasteiger partial charge in [-0.1, -0.05) is 12.1 Å². The van der Waals surface area contributed by atoms with Gasteiger partial charge in [-0.3, -0.25) is 4.99 Å². The molecule has 0 atom stereocenters. The second-order valence-corrected chi connectivity index (χ2v) is 8.58. The van der Waals surface area contributed by atoms with E-state index in [1.54, 1.807) is 7.11 Å². The van der Waals surface area contributed by atoms with Crippen molar-refractivity contribution in [2.24, 2.45) is 4.99 Å². The molecule has 2 N–H and O–H groups in total. The third-order valence-corrected chi connectivity index (χ3v) is 6.47. The molecule has 0 aromatic heterocycles. The Morgan fingerprint density at radius 3 is 2.52 bits per heavy atom. The maximum atomic E-state index is 6.35. The van der Waals surface area contributed by atoms with Crippen molar-refractivity contribution in [2.45, 2.75) is 76.1 Å². The summed E-state index contributed by atoms with van der Waals surface area (Å²) in [7, 11) is 3.55. The molecule has 6 nitrogen and oxygen atoms in total. The first kappa shape index (κ1) is 20.3. The average molecular weight is 401 g/mol. The van der Waals surface area contributed by atoms with Gasteiger partial charge in [0.15, 0.2) is 17.5 Å². The molecule has 0 radical (unpaired) electrons. The lowest BCUT2D eigenvalue weighted by Gasteiger charge is -2.33. The molecule has 1 heterocycles. The van der Waals surface area contributed by atoms with E-state index in [0.717, 1.165) is 41.9 Å². The van der Waals surface area contributed by atoms with Crippen molar-refractivity contribution in [1.29, 1.82) is 0 Å². The van der Waals surface area contributed by atoms with Crippen molar-refractivity contribution in [3.05, 3.63) is 23.8 Å². The molecule has 3 aliphatic rings. The van der Waals surface area contributed by atoms with Crippen molar-refractivity contribution >= 4 is 5.96 Å². The Morgan fingerprint density at radius 1 is 1.10 bits per heavy atom. The van der Waals surface area contributed by atoms with Crippen LogP contribution in [0.3, 0.4) is 0 Å². The van der Waals surface area contributed by atoms with E-state index < -0.39 is 0 Å². The average Bonchev–Trinajstić information content (AvgIpc) is 3.48. The minimum atomic E-state index is 0.305. The molecule has 0 amide bonds. The maximum absolute atomic E-state index is 6.35. The van der Waals surface area contributed by atoms with Crippen LogP contribution >= 0.6 is 0 Å². The number of likely N-dealkylation sites (tertiary alicyclic amines) is 1. The Bertz CT molecular complexity index is 690. The standard InChI is InChI=1S/C23H36N4O2/c1-24-23(26-18-12-14-27(15-13-18)19-10-11-19)25-16-17-6-5-9-21(28-2)22(17)29-20-7-3-4-8-20/h5-6,9,18-20H,3-4,7-8,10-16H2,1-2H3,(H2,24,25,26). The van der Waals surface area contributed by atoms with Crippen LogP contribution in [0.4, 0.5) is 0 Å². The van der Waals surface area contributed by atoms with Gasteiger partial charge in [0.25, 0.3) is 0 Å². The van der Waals surface area contributed by atoms with E-state index in [1.807, 2.05) is 19.2 Å². The predicted octanol–water partition coefficient (Wildman–Crippen LogP) is 3.31. The molecule has 0 bridgehead atoms. The van der Waals surface area contributed by atoms with E-state index in [-0.39, 0.29) is 0 Å². The summed E-state index contributed by atoms with van der Waals surface area (Å²) in [6.07, 6.45) is 10.2. The van der Waals surface area contributed by atoms with Gasteiger partial charge >= 0.3 is 0 Å². The predicted molar refractivity (Wildman–Crippen MR) is 117 cm³/mol. The minimum absolute atomic E-state index is 0.305. The number of guanidine groups is 1. The van der Waals surface area contributed by atoms with Crippen LogP contribution in [0.15, 0.2) is 23.2 Å². The molecule has 160 valence electrons. The number of methoxy groups -OCH3 is 1. The maximum Gasteiger partial charge on any atom is 0.191 e. The van der Waals surface area contributed by atoms with Crippen LogP contribution in [0.2, 0.25) is 0 Å². The molecular formula is C23H36N4O2. The fourth-order valence-corrected chi connectivity index (χ4v) is 4.58. The first-order valence-corrected chi connectivity index (χ1v) is 11.3. The van der Waals surface area contributed by atoms with Gasteiger partial charge in [0.1, 0.15) is 0 Å². The van der Waals surface area contributed by atoms with Crippen molar-refractivity contribution in [3.63, 3.8) is 0 Å². The molecule has 4 rings (SSSR count). The van der Waals surface area contributed by atoms with Gasteiger partial charge in [-0.2, -0.15) is 0 Å². The lowest BCUT2D eigenvalue weighted by atomic mass is 10.1. The molecule has 3 fully saturated rings. The van der Waals surface area contributed by atoms with Crippen LogP contribution in [0, 0.1) is 0 Å². The van der Waals surface area contributed by atoms with Crippen LogP contribution < -0.4 is 20.1 Å². The molecule has 29 heavy (non-hydrogen) atoms. The van der Waals surface area contributed by atoms with Crippen LogP contribution in [0.1, 0.15) is 56.9 Å². The van der Waals surface area contributed by atoms with Crippen molar-refractivity contribution < 1.29 is 9.47 Å². The highest BCUT2D eigenvalue weighted by Gasteiger charge is 2.32. The summed E-state index contributed by atoms with van der Waals surface area (Å²) in [5.74, 6) is 2.55. The summed E-state index contributed by atoms with van der Waals surface area (Å²) in [5, 5.41) is 7.10. The van der Waals surface area contributed by atoms with E-state index >= 15 is 0 Å². The van der Waals surface area contributed by atoms with Crippen LogP contribution in [-0.4, -0.2) is 56.3 Å². The second-order valence-electron chi connectivity index (χ2n) is 8.58. The Hall–Kier alpha value is -1.95. The number of para-hydroxylation sites is 1. The highest BCUT2D eigenvalue weighted by Crippen LogP contribution is 2.35. The number of hydrogen-bond donors (Lipinski definition) is 2. The number of aliphatic imine (C=N–C) groups is 1. The summed E-state index contributed by atoms with van der Waals surface area (Å²) in [6, 6.07) is 7.49. The van der Waals surface area contributed by atoms with Gasteiger partial charge in [0, 0.05) is 44.3 Å². The van der Waals surface area contributed by atoms with Crippen LogP contribution in [0.5, 0.6) is 11.5 Å². The quantitative estimate of drug-likeness (QED) is 0.543. The number of piperidine rings is 1. The number of nitrogens with one attached hydrogen (secondary N) is 2. The van der Waals surface area contributed by atoms with Gasteiger partial charge in [-0.15, -0.1) is 0 Å². The Balaban J connectivity index is 1.33. The molecule has 2 saturated carbocycles. The summed E-state index contributed by atoms with van der Waals surface area (Å²) >= 11 is 0. The second kappa shape index (κ2) is 9.70. The van der Waals surface area contributed by atoms with E-state index in [2.05, 4.69) is 26.6 Å². The number of ether oxygens (including phenoxy) is 2. The number of rotatable bonds is 7. The molecule has 1 aliphatic heterocycles. The van der Waals surface area contributed by atoms with E-state index in [1.165, 1.54) is 51.6 Å². The first-order valence-electron chi connectivity index (χ1n) is 11.3. The zero-order valence-electron chi connectivity index (χ0n) is 18.0. The molecule has 1 saturated heterocycles. The number of nitrogens with zero attached hydrogens (tertiary/aromatic N) is 2. The largest absolute Gasteiger partial charge is 0.493 e. The number of benzene rings is 1. The van der Waals surface area contributed by atoms with Gasteiger partial charge in [0.05, 0.1) is 13.2 Å². The van der Waals surface area contributed by atoms with Gasteiger partial charge in [-0.25, -0.2) is 0 Å². The zero-order valence-corrected chi connectivity index (χ0v) is 18.0. The van der Waals surface area contributed by atoms with Crippen molar-refractivity contribution in [2.75, 3.05) is 27.2 Å². The fraction of sp³-hybridized carbons (Fsp3) is 0.696. The Kier molecular flexibility index (Phi) is 6.80. The first-order chi connectivity index (χ1) is 14.3. The van der Waals surface area contributed by atoms with Crippen LogP contribution in [-0.2, 0) is 6.54 Å². The SMILES string of the molecule is CN=C(NCc1cccc(OC)c1OC1CCCC1)NC1CCN(C2CC2)CC1. The van der Waals surface area contributed by atoms with E-state index in [0.29, 0.717) is 18.7 Å². The highest BCUT2D eigenvalue weighted by atomic mass is 16.5. The monoisotopic (exact) mass is 400 g/mol. The third kappa shape index (κ3) is 5.35. The summed E-state index contributed by atoms with van der Waals surface area (Å²) in [4.78, 5) is 7.10. The van der Waals surface area contributed by atoms with E-state index in [9.17, 15) is 0 Å². The molecule has 1 aromatic carbocycles. The van der Waals surface area contributed by atoms with Gasteiger partial charge in [0.2, 0.25) is 0 Å². The van der Waals surface area contributed by atoms with Crippen molar-refractivity contribution in [1.82, 2.24) is 15.5 Å². The topological polar surface area (TPSA) is 58.1 Å². The summed E-state index contributed by atoms with van der Waals surface area (Å²) in [6.45, 7) is 3.07. The Morgan fingerprint density at radius 2 is 1.86 bits per heavy atom. The summed E-state index contributed by atoms with van der Waals surface area (Å²) in [5.41, 5.74) is 1.11. The van der Waals surface area contributed by atoms with E-state index in [4.69, 9.17) is 9.47 Å². The molecule has 0 unspecified atom stereocenters. The molecule has 6 heteroatoms.